The molecule has 0 amide bonds. The van der Waals surface area contributed by atoms with E-state index in [1.54, 1.807) is 0 Å². The van der Waals surface area contributed by atoms with Crippen LogP contribution in [0.25, 0.3) is 0 Å². The standard InChI is InChI=1S/C16H21F4N/c1-2-9-21-15(11-5-3-4-6-11)12-7-8-13(14(17)10-12)16(18,19)20/h7-8,10-11,15,21H,2-6,9H2,1H3. The van der Waals surface area contributed by atoms with E-state index in [9.17, 15) is 17.6 Å². The van der Waals surface area contributed by atoms with E-state index in [1.165, 1.54) is 6.07 Å². The summed E-state index contributed by atoms with van der Waals surface area (Å²) in [5.41, 5.74) is -0.562. The molecule has 1 atom stereocenters. The third-order valence-electron chi connectivity index (χ3n) is 4.14. The Morgan fingerprint density at radius 3 is 2.43 bits per heavy atom. The molecule has 1 aromatic carbocycles. The molecule has 0 aliphatic heterocycles. The van der Waals surface area contributed by atoms with Crippen LogP contribution < -0.4 is 5.32 Å². The minimum absolute atomic E-state index is 0.0516. The maximum atomic E-state index is 13.8. The van der Waals surface area contributed by atoms with Gasteiger partial charge in [0.25, 0.3) is 0 Å². The second-order valence-electron chi connectivity index (χ2n) is 5.71. The summed E-state index contributed by atoms with van der Waals surface area (Å²) < 4.78 is 51.7. The maximum absolute atomic E-state index is 13.8. The van der Waals surface area contributed by atoms with Gasteiger partial charge in [-0.15, -0.1) is 0 Å². The molecule has 1 aromatic rings. The van der Waals surface area contributed by atoms with Gasteiger partial charge < -0.3 is 5.32 Å². The first-order valence-corrected chi connectivity index (χ1v) is 7.53. The molecule has 1 saturated carbocycles. The van der Waals surface area contributed by atoms with Crippen molar-refractivity contribution in [1.82, 2.24) is 5.32 Å². The van der Waals surface area contributed by atoms with Crippen molar-refractivity contribution in [3.8, 4) is 0 Å². The molecule has 0 heterocycles. The molecule has 0 spiro atoms. The second kappa shape index (κ2) is 6.77. The molecule has 2 rings (SSSR count). The van der Waals surface area contributed by atoms with Gasteiger partial charge in [0.15, 0.2) is 0 Å². The highest BCUT2D eigenvalue weighted by molar-refractivity contribution is 5.29. The Kier molecular flexibility index (Phi) is 5.25. The van der Waals surface area contributed by atoms with Crippen LogP contribution in [0.2, 0.25) is 0 Å². The van der Waals surface area contributed by atoms with Crippen molar-refractivity contribution in [1.29, 1.82) is 0 Å². The van der Waals surface area contributed by atoms with E-state index in [2.05, 4.69) is 5.32 Å². The fraction of sp³-hybridized carbons (Fsp3) is 0.625. The quantitative estimate of drug-likeness (QED) is 0.748. The smallest absolute Gasteiger partial charge is 0.310 e. The van der Waals surface area contributed by atoms with E-state index in [0.29, 0.717) is 11.5 Å². The van der Waals surface area contributed by atoms with Gasteiger partial charge in [-0.25, -0.2) is 4.39 Å². The zero-order valence-corrected chi connectivity index (χ0v) is 12.1. The summed E-state index contributed by atoms with van der Waals surface area (Å²) in [7, 11) is 0. The number of hydrogen-bond acceptors (Lipinski definition) is 1. The third kappa shape index (κ3) is 3.96. The lowest BCUT2D eigenvalue weighted by Crippen LogP contribution is -2.28. The van der Waals surface area contributed by atoms with E-state index < -0.39 is 17.6 Å². The predicted octanol–water partition coefficient (Wildman–Crippen LogP) is 5.08. The van der Waals surface area contributed by atoms with Crippen LogP contribution in [-0.4, -0.2) is 6.54 Å². The summed E-state index contributed by atoms with van der Waals surface area (Å²) in [4.78, 5) is 0. The SMILES string of the molecule is CCCNC(c1ccc(C(F)(F)F)c(F)c1)C1CCCC1. The van der Waals surface area contributed by atoms with Gasteiger partial charge in [-0.2, -0.15) is 13.2 Å². The monoisotopic (exact) mass is 303 g/mol. The summed E-state index contributed by atoms with van der Waals surface area (Å²) in [6.07, 6.45) is 0.666. The number of alkyl halides is 3. The molecule has 1 fully saturated rings. The van der Waals surface area contributed by atoms with Gasteiger partial charge in [0.2, 0.25) is 0 Å². The van der Waals surface area contributed by atoms with Crippen molar-refractivity contribution in [3.63, 3.8) is 0 Å². The fourth-order valence-corrected chi connectivity index (χ4v) is 3.10. The van der Waals surface area contributed by atoms with E-state index in [1.807, 2.05) is 6.92 Å². The Morgan fingerprint density at radius 2 is 1.90 bits per heavy atom. The molecule has 21 heavy (non-hydrogen) atoms. The fourth-order valence-electron chi connectivity index (χ4n) is 3.10. The second-order valence-corrected chi connectivity index (χ2v) is 5.71. The number of rotatable bonds is 5. The number of nitrogens with one attached hydrogen (secondary N) is 1. The lowest BCUT2D eigenvalue weighted by molar-refractivity contribution is -0.140. The minimum atomic E-state index is -4.64. The molecular weight excluding hydrogens is 282 g/mol. The third-order valence-corrected chi connectivity index (χ3v) is 4.14. The maximum Gasteiger partial charge on any atom is 0.419 e. The minimum Gasteiger partial charge on any atom is -0.310 e. The number of hydrogen-bond donors (Lipinski definition) is 1. The van der Waals surface area contributed by atoms with Crippen molar-refractivity contribution in [2.45, 2.75) is 51.2 Å². The van der Waals surface area contributed by atoms with Crippen molar-refractivity contribution >= 4 is 0 Å². The summed E-state index contributed by atoms with van der Waals surface area (Å²) >= 11 is 0. The first-order valence-electron chi connectivity index (χ1n) is 7.53. The largest absolute Gasteiger partial charge is 0.419 e. The zero-order valence-electron chi connectivity index (χ0n) is 12.1. The molecule has 0 saturated heterocycles. The van der Waals surface area contributed by atoms with Crippen molar-refractivity contribution in [3.05, 3.63) is 35.1 Å². The van der Waals surface area contributed by atoms with Crippen LogP contribution in [0, 0.1) is 11.7 Å². The van der Waals surface area contributed by atoms with Gasteiger partial charge in [0.1, 0.15) is 5.82 Å². The molecule has 118 valence electrons. The van der Waals surface area contributed by atoms with Gasteiger partial charge in [-0.05, 0) is 49.4 Å². The van der Waals surface area contributed by atoms with Gasteiger partial charge in [0, 0.05) is 6.04 Å². The topological polar surface area (TPSA) is 12.0 Å². The van der Waals surface area contributed by atoms with Gasteiger partial charge in [-0.1, -0.05) is 25.8 Å². The molecule has 0 radical (unpaired) electrons. The van der Waals surface area contributed by atoms with Gasteiger partial charge >= 0.3 is 6.18 Å². The molecule has 0 bridgehead atoms. The van der Waals surface area contributed by atoms with Crippen LogP contribution >= 0.6 is 0 Å². The summed E-state index contributed by atoms with van der Waals surface area (Å²) in [5, 5.41) is 3.37. The Bertz CT molecular complexity index is 464. The molecule has 5 heteroatoms. The zero-order chi connectivity index (χ0) is 15.5. The molecule has 1 N–H and O–H groups in total. The molecular formula is C16H21F4N. The average Bonchev–Trinajstić information content (AvgIpc) is 2.91. The first-order chi connectivity index (χ1) is 9.93. The van der Waals surface area contributed by atoms with Crippen LogP contribution in [0.3, 0.4) is 0 Å². The lowest BCUT2D eigenvalue weighted by Gasteiger charge is -2.25. The molecule has 1 aliphatic carbocycles. The van der Waals surface area contributed by atoms with Crippen LogP contribution in [0.4, 0.5) is 17.6 Å². The average molecular weight is 303 g/mol. The highest BCUT2D eigenvalue weighted by Gasteiger charge is 2.35. The van der Waals surface area contributed by atoms with Crippen LogP contribution in [-0.2, 0) is 6.18 Å². The van der Waals surface area contributed by atoms with E-state index >= 15 is 0 Å². The van der Waals surface area contributed by atoms with E-state index in [0.717, 1.165) is 50.8 Å². The molecule has 0 aromatic heterocycles. The Labute approximate surface area is 122 Å². The molecule has 1 nitrogen and oxygen atoms in total. The highest BCUT2D eigenvalue weighted by Crippen LogP contribution is 2.38. The van der Waals surface area contributed by atoms with Crippen molar-refractivity contribution in [2.24, 2.45) is 5.92 Å². The predicted molar refractivity (Wildman–Crippen MR) is 74.4 cm³/mol. The van der Waals surface area contributed by atoms with Crippen LogP contribution in [0.5, 0.6) is 0 Å². The van der Waals surface area contributed by atoms with Crippen molar-refractivity contribution < 1.29 is 17.6 Å². The Balaban J connectivity index is 2.25. The molecule has 1 aliphatic rings. The highest BCUT2D eigenvalue weighted by atomic mass is 19.4. The summed E-state index contributed by atoms with van der Waals surface area (Å²) in [5.74, 6) is -0.797. The van der Waals surface area contributed by atoms with Gasteiger partial charge in [0.05, 0.1) is 5.56 Å². The Morgan fingerprint density at radius 1 is 1.24 bits per heavy atom. The van der Waals surface area contributed by atoms with Crippen LogP contribution in [0.15, 0.2) is 18.2 Å². The summed E-state index contributed by atoms with van der Waals surface area (Å²) in [6, 6.07) is 3.27. The molecule has 1 unspecified atom stereocenters. The van der Waals surface area contributed by atoms with E-state index in [-0.39, 0.29) is 6.04 Å². The van der Waals surface area contributed by atoms with Crippen molar-refractivity contribution in [2.75, 3.05) is 6.54 Å². The van der Waals surface area contributed by atoms with Gasteiger partial charge in [-0.3, -0.25) is 0 Å². The van der Waals surface area contributed by atoms with E-state index in [4.69, 9.17) is 0 Å². The van der Waals surface area contributed by atoms with Crippen LogP contribution in [0.1, 0.15) is 56.2 Å². The number of benzene rings is 1. The lowest BCUT2D eigenvalue weighted by atomic mass is 9.90. The summed E-state index contributed by atoms with van der Waals surface area (Å²) in [6.45, 7) is 2.82. The normalized spacial score (nSPS) is 18.1. The first kappa shape index (κ1) is 16.3. The Hall–Kier alpha value is -1.10. The number of halogens is 4.